The molecule has 0 aliphatic carbocycles. The number of carbonyl (C=O) groups is 1. The lowest BCUT2D eigenvalue weighted by molar-refractivity contribution is 0.0698. The number of carboxylic acid groups (broad SMARTS) is 1. The van der Waals surface area contributed by atoms with Crippen molar-refractivity contribution in [2.24, 2.45) is 0 Å². The van der Waals surface area contributed by atoms with Crippen LogP contribution in [-0.4, -0.2) is 23.3 Å². The molecule has 2 N–H and O–H groups in total. The molecule has 2 aromatic rings. The van der Waals surface area contributed by atoms with Gasteiger partial charge in [0.2, 0.25) is 0 Å². The van der Waals surface area contributed by atoms with Crippen LogP contribution in [0.1, 0.15) is 74.2 Å². The molecular weight excluding hydrogens is 348 g/mol. The Balaban J connectivity index is 2.17. The average molecular weight is 376 g/mol. The second-order valence-electron chi connectivity index (χ2n) is 6.77. The van der Waals surface area contributed by atoms with Gasteiger partial charge in [0.15, 0.2) is 11.3 Å². The number of rotatable bonds is 11. The van der Waals surface area contributed by atoms with E-state index in [0.29, 0.717) is 6.42 Å². The topological polar surface area (TPSA) is 97.0 Å². The van der Waals surface area contributed by atoms with Gasteiger partial charge in [0, 0.05) is 0 Å². The number of benzene rings is 1. The molecule has 27 heavy (non-hydrogen) atoms. The van der Waals surface area contributed by atoms with Crippen LogP contribution in [0.2, 0.25) is 0 Å². The first-order valence-electron chi connectivity index (χ1n) is 9.60. The summed E-state index contributed by atoms with van der Waals surface area (Å²) >= 11 is 0. The molecule has 6 heteroatoms. The molecule has 0 aliphatic rings. The standard InChI is InChI=1S/C21H28O6/c1-3-4-5-6-7-8-9-10-11-15-18(22)17-14(20(23)24)12-13-16(26-2)19(17)27-21(15)25/h12-13,22H,3-11H2,1-2H3,(H,23,24). The largest absolute Gasteiger partial charge is 0.507 e. The Bertz CT molecular complexity index is 837. The van der Waals surface area contributed by atoms with E-state index in [1.165, 1.54) is 51.3 Å². The van der Waals surface area contributed by atoms with Gasteiger partial charge in [-0.2, -0.15) is 0 Å². The lowest BCUT2D eigenvalue weighted by atomic mass is 10.0. The third kappa shape index (κ3) is 5.02. The fraction of sp³-hybridized carbons (Fsp3) is 0.524. The smallest absolute Gasteiger partial charge is 0.343 e. The van der Waals surface area contributed by atoms with E-state index in [-0.39, 0.29) is 33.6 Å². The third-order valence-electron chi connectivity index (χ3n) is 4.82. The SMILES string of the molecule is CCCCCCCCCCc1c(O)c2c(C(=O)O)ccc(OC)c2oc1=O. The Labute approximate surface area is 158 Å². The minimum absolute atomic E-state index is 0.0102. The molecule has 0 spiro atoms. The maximum absolute atomic E-state index is 12.3. The average Bonchev–Trinajstić information content (AvgIpc) is 2.65. The van der Waals surface area contributed by atoms with Crippen LogP contribution in [0.5, 0.6) is 11.5 Å². The van der Waals surface area contributed by atoms with Gasteiger partial charge in [0.25, 0.3) is 0 Å². The highest BCUT2D eigenvalue weighted by Crippen LogP contribution is 2.35. The fourth-order valence-corrected chi connectivity index (χ4v) is 3.30. The maximum atomic E-state index is 12.3. The fourth-order valence-electron chi connectivity index (χ4n) is 3.30. The van der Waals surface area contributed by atoms with Crippen molar-refractivity contribution in [1.29, 1.82) is 0 Å². The molecule has 6 nitrogen and oxygen atoms in total. The second-order valence-corrected chi connectivity index (χ2v) is 6.77. The summed E-state index contributed by atoms with van der Waals surface area (Å²) in [6.07, 6.45) is 9.26. The first kappa shape index (κ1) is 20.8. The van der Waals surface area contributed by atoms with Crippen LogP contribution in [0.4, 0.5) is 0 Å². The summed E-state index contributed by atoms with van der Waals surface area (Å²) in [5.74, 6) is -1.31. The van der Waals surface area contributed by atoms with Crippen LogP contribution >= 0.6 is 0 Å². The van der Waals surface area contributed by atoms with Gasteiger partial charge in [-0.3, -0.25) is 0 Å². The molecule has 0 saturated carbocycles. The summed E-state index contributed by atoms with van der Waals surface area (Å²) in [7, 11) is 1.39. The minimum Gasteiger partial charge on any atom is -0.507 e. The summed E-state index contributed by atoms with van der Waals surface area (Å²) in [6.45, 7) is 2.19. The van der Waals surface area contributed by atoms with Crippen molar-refractivity contribution < 1.29 is 24.2 Å². The van der Waals surface area contributed by atoms with Crippen molar-refractivity contribution in [2.75, 3.05) is 7.11 Å². The quantitative estimate of drug-likeness (QED) is 0.428. The van der Waals surface area contributed by atoms with Gasteiger partial charge in [-0.05, 0) is 25.0 Å². The van der Waals surface area contributed by atoms with E-state index in [2.05, 4.69) is 6.92 Å². The number of hydrogen-bond acceptors (Lipinski definition) is 5. The Hall–Kier alpha value is -2.50. The number of aromatic carboxylic acids is 1. The number of fused-ring (bicyclic) bond motifs is 1. The van der Waals surface area contributed by atoms with Gasteiger partial charge < -0.3 is 19.4 Å². The predicted octanol–water partition coefficient (Wildman–Crippen LogP) is 4.89. The van der Waals surface area contributed by atoms with E-state index < -0.39 is 11.6 Å². The van der Waals surface area contributed by atoms with Crippen LogP contribution in [0.15, 0.2) is 21.3 Å². The Morgan fingerprint density at radius 2 is 1.70 bits per heavy atom. The molecule has 0 atom stereocenters. The van der Waals surface area contributed by atoms with Gasteiger partial charge in [0.05, 0.1) is 23.6 Å². The molecule has 0 amide bonds. The van der Waals surface area contributed by atoms with E-state index in [4.69, 9.17) is 9.15 Å². The van der Waals surface area contributed by atoms with E-state index in [0.717, 1.165) is 19.3 Å². The molecule has 1 aromatic carbocycles. The molecule has 2 rings (SSSR count). The second kappa shape index (κ2) is 10.00. The summed E-state index contributed by atoms with van der Waals surface area (Å²) in [6, 6.07) is 2.75. The Morgan fingerprint density at radius 1 is 1.07 bits per heavy atom. The Kier molecular flexibility index (Phi) is 7.70. The molecule has 0 fully saturated rings. The van der Waals surface area contributed by atoms with Crippen molar-refractivity contribution in [2.45, 2.75) is 64.7 Å². The molecule has 1 aromatic heterocycles. The highest BCUT2D eigenvalue weighted by Gasteiger charge is 2.22. The highest BCUT2D eigenvalue weighted by atomic mass is 16.5. The molecular formula is C21H28O6. The van der Waals surface area contributed by atoms with E-state index in [9.17, 15) is 19.8 Å². The number of methoxy groups -OCH3 is 1. The van der Waals surface area contributed by atoms with E-state index in [1.54, 1.807) is 0 Å². The van der Waals surface area contributed by atoms with Crippen molar-refractivity contribution >= 4 is 16.9 Å². The molecule has 0 bridgehead atoms. The molecule has 0 radical (unpaired) electrons. The van der Waals surface area contributed by atoms with Crippen LogP contribution in [0, 0.1) is 0 Å². The van der Waals surface area contributed by atoms with Crippen molar-refractivity contribution in [3.63, 3.8) is 0 Å². The molecule has 0 saturated heterocycles. The third-order valence-corrected chi connectivity index (χ3v) is 4.82. The van der Waals surface area contributed by atoms with Crippen molar-refractivity contribution in [3.8, 4) is 11.5 Å². The zero-order valence-corrected chi connectivity index (χ0v) is 16.0. The summed E-state index contributed by atoms with van der Waals surface area (Å²) in [4.78, 5) is 23.8. The van der Waals surface area contributed by atoms with Gasteiger partial charge in [-0.25, -0.2) is 9.59 Å². The minimum atomic E-state index is -1.20. The van der Waals surface area contributed by atoms with Crippen LogP contribution in [0.25, 0.3) is 11.0 Å². The normalized spacial score (nSPS) is 11.0. The number of unbranched alkanes of at least 4 members (excludes halogenated alkanes) is 7. The van der Waals surface area contributed by atoms with Crippen LogP contribution in [0.3, 0.4) is 0 Å². The maximum Gasteiger partial charge on any atom is 0.343 e. The number of carboxylic acids is 1. The summed E-state index contributed by atoms with van der Waals surface area (Å²) < 4.78 is 10.4. The first-order chi connectivity index (χ1) is 13.0. The number of ether oxygens (including phenoxy) is 1. The monoisotopic (exact) mass is 376 g/mol. The summed E-state index contributed by atoms with van der Waals surface area (Å²) in [5.41, 5.74) is -0.684. The van der Waals surface area contributed by atoms with E-state index in [1.807, 2.05) is 0 Å². The lowest BCUT2D eigenvalue weighted by Crippen LogP contribution is -2.10. The van der Waals surface area contributed by atoms with Crippen molar-refractivity contribution in [1.82, 2.24) is 0 Å². The molecule has 0 unspecified atom stereocenters. The molecule has 1 heterocycles. The van der Waals surface area contributed by atoms with Crippen molar-refractivity contribution in [3.05, 3.63) is 33.7 Å². The number of hydrogen-bond donors (Lipinski definition) is 2. The highest BCUT2D eigenvalue weighted by molar-refractivity contribution is 6.06. The lowest BCUT2D eigenvalue weighted by Gasteiger charge is -2.11. The first-order valence-corrected chi connectivity index (χ1v) is 9.60. The Morgan fingerprint density at radius 3 is 2.30 bits per heavy atom. The predicted molar refractivity (Wildman–Crippen MR) is 104 cm³/mol. The van der Waals surface area contributed by atoms with Gasteiger partial charge in [0.1, 0.15) is 5.75 Å². The summed E-state index contributed by atoms with van der Waals surface area (Å²) in [5, 5.41) is 20.0. The number of aromatic hydroxyl groups is 1. The molecule has 148 valence electrons. The van der Waals surface area contributed by atoms with Crippen LogP contribution < -0.4 is 10.4 Å². The zero-order chi connectivity index (χ0) is 19.8. The van der Waals surface area contributed by atoms with Gasteiger partial charge in [-0.15, -0.1) is 0 Å². The van der Waals surface area contributed by atoms with Gasteiger partial charge >= 0.3 is 11.6 Å². The molecule has 0 aliphatic heterocycles. The zero-order valence-electron chi connectivity index (χ0n) is 16.0. The van der Waals surface area contributed by atoms with Crippen LogP contribution in [-0.2, 0) is 6.42 Å². The van der Waals surface area contributed by atoms with E-state index >= 15 is 0 Å². The van der Waals surface area contributed by atoms with Gasteiger partial charge in [-0.1, -0.05) is 51.9 Å².